The summed E-state index contributed by atoms with van der Waals surface area (Å²) in [5.41, 5.74) is 4.25. The third kappa shape index (κ3) is 2.31. The van der Waals surface area contributed by atoms with Crippen LogP contribution in [0.1, 0.15) is 12.0 Å². The number of carboxylic acids is 1. The lowest BCUT2D eigenvalue weighted by Crippen LogP contribution is -2.32. The standard InChI is InChI=1S/C11H12N2O3/c14-10-4-5-13(12-10)9-3-1-2-8(6-9)7-11(15)16/h1-3,6H,4-5,7H2,(H,12,14)(H,15,16). The number of aliphatic carboxylic acids is 1. The van der Waals surface area contributed by atoms with Crippen LogP contribution in [0.15, 0.2) is 24.3 Å². The van der Waals surface area contributed by atoms with Crippen LogP contribution < -0.4 is 10.4 Å². The number of hydrogen-bond acceptors (Lipinski definition) is 3. The van der Waals surface area contributed by atoms with E-state index in [1.54, 1.807) is 23.2 Å². The highest BCUT2D eigenvalue weighted by molar-refractivity contribution is 5.81. The third-order valence-corrected chi connectivity index (χ3v) is 2.40. The Morgan fingerprint density at radius 3 is 2.94 bits per heavy atom. The zero-order valence-electron chi connectivity index (χ0n) is 8.64. The Bertz CT molecular complexity index is 431. The lowest BCUT2D eigenvalue weighted by Gasteiger charge is -2.17. The molecule has 0 spiro atoms. The van der Waals surface area contributed by atoms with Crippen molar-refractivity contribution >= 4 is 17.6 Å². The number of hydrogen-bond donors (Lipinski definition) is 2. The molecule has 0 aliphatic carbocycles. The Kier molecular flexibility index (Phi) is 2.76. The van der Waals surface area contributed by atoms with Gasteiger partial charge in [0, 0.05) is 13.0 Å². The predicted octanol–water partition coefficient (Wildman–Crippen LogP) is 0.555. The maximum atomic E-state index is 11.0. The number of hydrazine groups is 1. The molecule has 1 aromatic carbocycles. The molecule has 1 amide bonds. The highest BCUT2D eigenvalue weighted by Crippen LogP contribution is 2.17. The quantitative estimate of drug-likeness (QED) is 0.780. The Hall–Kier alpha value is -2.04. The molecule has 0 atom stereocenters. The van der Waals surface area contributed by atoms with Gasteiger partial charge in [0.25, 0.3) is 0 Å². The van der Waals surface area contributed by atoms with Gasteiger partial charge in [-0.25, -0.2) is 0 Å². The fourth-order valence-corrected chi connectivity index (χ4v) is 1.68. The highest BCUT2D eigenvalue weighted by Gasteiger charge is 2.18. The van der Waals surface area contributed by atoms with Crippen LogP contribution in [0.25, 0.3) is 0 Å². The van der Waals surface area contributed by atoms with Gasteiger partial charge in [0.15, 0.2) is 0 Å². The summed E-state index contributed by atoms with van der Waals surface area (Å²) in [6.07, 6.45) is 0.471. The molecule has 1 aliphatic rings. The summed E-state index contributed by atoms with van der Waals surface area (Å²) in [7, 11) is 0. The number of amides is 1. The van der Waals surface area contributed by atoms with E-state index in [4.69, 9.17) is 5.11 Å². The fourth-order valence-electron chi connectivity index (χ4n) is 1.68. The first-order valence-electron chi connectivity index (χ1n) is 5.03. The summed E-state index contributed by atoms with van der Waals surface area (Å²) in [5.74, 6) is -0.869. The first kappa shape index (κ1) is 10.5. The normalized spacial score (nSPS) is 15.0. The van der Waals surface area contributed by atoms with Gasteiger partial charge in [-0.3, -0.25) is 20.0 Å². The molecular formula is C11H12N2O3. The minimum Gasteiger partial charge on any atom is -0.481 e. The molecule has 5 nitrogen and oxygen atoms in total. The molecule has 2 N–H and O–H groups in total. The lowest BCUT2D eigenvalue weighted by atomic mass is 10.1. The van der Waals surface area contributed by atoms with Gasteiger partial charge in [0.2, 0.25) is 5.91 Å². The monoisotopic (exact) mass is 220 g/mol. The minimum atomic E-state index is -0.859. The molecule has 1 aromatic rings. The topological polar surface area (TPSA) is 69.6 Å². The van der Waals surface area contributed by atoms with Gasteiger partial charge < -0.3 is 5.11 Å². The molecule has 1 heterocycles. The van der Waals surface area contributed by atoms with E-state index in [0.717, 1.165) is 11.3 Å². The molecule has 0 bridgehead atoms. The summed E-state index contributed by atoms with van der Waals surface area (Å²) < 4.78 is 0. The molecule has 84 valence electrons. The van der Waals surface area contributed by atoms with E-state index in [2.05, 4.69) is 5.43 Å². The van der Waals surface area contributed by atoms with E-state index >= 15 is 0 Å². The van der Waals surface area contributed by atoms with E-state index < -0.39 is 5.97 Å². The smallest absolute Gasteiger partial charge is 0.307 e. The van der Waals surface area contributed by atoms with Crippen LogP contribution in [0.5, 0.6) is 0 Å². The molecule has 0 saturated carbocycles. The predicted molar refractivity (Wildman–Crippen MR) is 57.9 cm³/mol. The minimum absolute atomic E-state index is 0.00434. The highest BCUT2D eigenvalue weighted by atomic mass is 16.4. The molecule has 16 heavy (non-hydrogen) atoms. The van der Waals surface area contributed by atoms with Crippen molar-refractivity contribution in [3.05, 3.63) is 29.8 Å². The Morgan fingerprint density at radius 1 is 1.50 bits per heavy atom. The number of nitrogens with one attached hydrogen (secondary N) is 1. The first-order valence-corrected chi connectivity index (χ1v) is 5.03. The van der Waals surface area contributed by atoms with Crippen molar-refractivity contribution in [2.75, 3.05) is 11.6 Å². The Balaban J connectivity index is 2.15. The average molecular weight is 220 g/mol. The van der Waals surface area contributed by atoms with Crippen molar-refractivity contribution in [3.63, 3.8) is 0 Å². The SMILES string of the molecule is O=C(O)Cc1cccc(N2CCC(=O)N2)c1. The van der Waals surface area contributed by atoms with E-state index in [9.17, 15) is 9.59 Å². The fraction of sp³-hybridized carbons (Fsp3) is 0.273. The van der Waals surface area contributed by atoms with Crippen LogP contribution in [-0.4, -0.2) is 23.5 Å². The molecule has 5 heteroatoms. The van der Waals surface area contributed by atoms with Crippen molar-refractivity contribution in [1.29, 1.82) is 0 Å². The van der Waals surface area contributed by atoms with Gasteiger partial charge in [-0.15, -0.1) is 0 Å². The second-order valence-electron chi connectivity index (χ2n) is 3.68. The van der Waals surface area contributed by atoms with Crippen LogP contribution in [0.4, 0.5) is 5.69 Å². The van der Waals surface area contributed by atoms with Crippen molar-refractivity contribution in [2.45, 2.75) is 12.8 Å². The summed E-state index contributed by atoms with van der Waals surface area (Å²) in [6, 6.07) is 7.17. The summed E-state index contributed by atoms with van der Waals surface area (Å²) in [5, 5.41) is 10.4. The van der Waals surface area contributed by atoms with Gasteiger partial charge in [-0.2, -0.15) is 0 Å². The molecule has 0 unspecified atom stereocenters. The van der Waals surface area contributed by atoms with Crippen molar-refractivity contribution in [2.24, 2.45) is 0 Å². The summed E-state index contributed by atoms with van der Waals surface area (Å²) in [4.78, 5) is 21.6. The number of carboxylic acid groups (broad SMARTS) is 1. The maximum Gasteiger partial charge on any atom is 0.307 e. The van der Waals surface area contributed by atoms with Crippen molar-refractivity contribution in [3.8, 4) is 0 Å². The first-order chi connectivity index (χ1) is 7.65. The lowest BCUT2D eigenvalue weighted by molar-refractivity contribution is -0.136. The van der Waals surface area contributed by atoms with E-state index in [1.807, 2.05) is 6.07 Å². The van der Waals surface area contributed by atoms with Crippen LogP contribution in [0.3, 0.4) is 0 Å². The van der Waals surface area contributed by atoms with E-state index in [1.165, 1.54) is 0 Å². The zero-order chi connectivity index (χ0) is 11.5. The molecule has 1 saturated heterocycles. The number of carbonyl (C=O) groups excluding carboxylic acids is 1. The van der Waals surface area contributed by atoms with Crippen LogP contribution in [-0.2, 0) is 16.0 Å². The molecule has 2 rings (SSSR count). The maximum absolute atomic E-state index is 11.0. The van der Waals surface area contributed by atoms with Gasteiger partial charge in [-0.05, 0) is 17.7 Å². The van der Waals surface area contributed by atoms with Crippen LogP contribution in [0.2, 0.25) is 0 Å². The Labute approximate surface area is 92.6 Å². The Morgan fingerprint density at radius 2 is 2.31 bits per heavy atom. The molecule has 1 aliphatic heterocycles. The van der Waals surface area contributed by atoms with E-state index in [0.29, 0.717) is 13.0 Å². The molecule has 0 aromatic heterocycles. The van der Waals surface area contributed by atoms with E-state index in [-0.39, 0.29) is 12.3 Å². The number of nitrogens with zero attached hydrogens (tertiary/aromatic N) is 1. The second kappa shape index (κ2) is 4.22. The largest absolute Gasteiger partial charge is 0.481 e. The molecule has 1 fully saturated rings. The average Bonchev–Trinajstić information content (AvgIpc) is 2.64. The van der Waals surface area contributed by atoms with Gasteiger partial charge in [0.1, 0.15) is 0 Å². The number of carbonyl (C=O) groups is 2. The van der Waals surface area contributed by atoms with Gasteiger partial charge >= 0.3 is 5.97 Å². The van der Waals surface area contributed by atoms with Crippen molar-refractivity contribution < 1.29 is 14.7 Å². The second-order valence-corrected chi connectivity index (χ2v) is 3.68. The number of benzene rings is 1. The molecule has 0 radical (unpaired) electrons. The zero-order valence-corrected chi connectivity index (χ0v) is 8.64. The number of anilines is 1. The van der Waals surface area contributed by atoms with Crippen molar-refractivity contribution in [1.82, 2.24) is 5.43 Å². The van der Waals surface area contributed by atoms with Crippen LogP contribution in [0, 0.1) is 0 Å². The van der Waals surface area contributed by atoms with Gasteiger partial charge in [0.05, 0.1) is 12.1 Å². The number of rotatable bonds is 3. The summed E-state index contributed by atoms with van der Waals surface area (Å²) >= 11 is 0. The summed E-state index contributed by atoms with van der Waals surface area (Å²) in [6.45, 7) is 0.620. The van der Waals surface area contributed by atoms with Crippen LogP contribution >= 0.6 is 0 Å². The third-order valence-electron chi connectivity index (χ3n) is 2.40. The molecular weight excluding hydrogens is 208 g/mol. The van der Waals surface area contributed by atoms with Gasteiger partial charge in [-0.1, -0.05) is 12.1 Å².